The molecule has 0 spiro atoms. The third kappa shape index (κ3) is 16.5. The Bertz CT molecular complexity index is 2260. The second kappa shape index (κ2) is 28.0. The van der Waals surface area contributed by atoms with E-state index in [9.17, 15) is 38.4 Å². The van der Waals surface area contributed by atoms with E-state index in [1.165, 1.54) is 11.1 Å². The van der Waals surface area contributed by atoms with Gasteiger partial charge in [0.1, 0.15) is 23.9 Å². The quantitative estimate of drug-likeness (QED) is 0.0575. The van der Waals surface area contributed by atoms with Crippen molar-refractivity contribution in [3.05, 3.63) is 70.8 Å². The van der Waals surface area contributed by atoms with Crippen molar-refractivity contribution >= 4 is 47.1 Å². The number of carbonyl (C=O) groups is 8. The summed E-state index contributed by atoms with van der Waals surface area (Å²) in [6, 6.07) is 12.1. The minimum atomic E-state index is -0.870. The van der Waals surface area contributed by atoms with E-state index in [1.54, 1.807) is 23.8 Å². The number of ketones is 1. The molecule has 0 saturated carbocycles. The molecule has 2 aliphatic heterocycles. The molecule has 2 fully saturated rings. The molecule has 0 radical (unpaired) electrons. The highest BCUT2D eigenvalue weighted by atomic mass is 16.2. The van der Waals surface area contributed by atoms with E-state index in [-0.39, 0.29) is 97.5 Å². The van der Waals surface area contributed by atoms with Crippen LogP contribution in [0.1, 0.15) is 199 Å². The van der Waals surface area contributed by atoms with Gasteiger partial charge in [-0.2, -0.15) is 0 Å². The number of fused-ring (bicyclic) bond motifs is 2. The molecule has 0 bridgehead atoms. The summed E-state index contributed by atoms with van der Waals surface area (Å²) in [7, 11) is 1.72. The van der Waals surface area contributed by atoms with Crippen LogP contribution >= 0.6 is 0 Å². The van der Waals surface area contributed by atoms with Crippen LogP contribution in [0.5, 0.6) is 0 Å². The largest absolute Gasteiger partial charge is 0.351 e. The zero-order valence-electron chi connectivity index (χ0n) is 48.7. The minimum Gasteiger partial charge on any atom is -0.351 e. The SMILES string of the molecule is CC[C@@H](C)C(=O)N[C@H](C(=O)N1C[C@@H](NC(=O)CCCCCCCCC(=O)N[C@H]2C[C@@H](C(=O)N[C@@H]3CCCc4ccccc43)N(C(=O)[C@@H](CC(=O)[C@H](C)NC)C(C)(C)C)C2)C[C@H]1C(=O)N[C@@H]1CCCc2ccccc21)C(C)(C)C. The number of likely N-dealkylation sites (N-methyl/N-ethyl adjacent to an activating group) is 1. The molecule has 10 atom stereocenters. The molecule has 78 heavy (non-hydrogen) atoms. The van der Waals surface area contributed by atoms with Crippen LogP contribution in [-0.4, -0.2) is 113 Å². The first-order valence-electron chi connectivity index (χ1n) is 29.5. The van der Waals surface area contributed by atoms with E-state index >= 15 is 0 Å². The van der Waals surface area contributed by atoms with E-state index in [0.717, 1.165) is 75.3 Å². The number of aryl methyl sites for hydroxylation is 2. The number of nitrogens with zero attached hydrogens (tertiary/aromatic N) is 2. The Balaban J connectivity index is 0.978. The summed E-state index contributed by atoms with van der Waals surface area (Å²) in [5.74, 6) is -2.59. The van der Waals surface area contributed by atoms with E-state index in [1.807, 2.05) is 79.7 Å². The molecule has 0 aromatic heterocycles. The summed E-state index contributed by atoms with van der Waals surface area (Å²) in [5, 5.41) is 18.8. The lowest BCUT2D eigenvalue weighted by atomic mass is 9.76. The fourth-order valence-corrected chi connectivity index (χ4v) is 11.9. The Labute approximate surface area is 465 Å². The molecule has 7 amide bonds. The molecule has 2 aliphatic carbocycles. The van der Waals surface area contributed by atoms with Gasteiger partial charge in [-0.15, -0.1) is 0 Å². The average molecular weight is 1080 g/mol. The molecule has 2 saturated heterocycles. The Hall–Kier alpha value is -5.64. The fourth-order valence-electron chi connectivity index (χ4n) is 11.9. The topological polar surface area (TPSA) is 215 Å². The van der Waals surface area contributed by atoms with Crippen LogP contribution in [0.3, 0.4) is 0 Å². The number of amides is 7. The molecule has 6 N–H and O–H groups in total. The maximum absolute atomic E-state index is 14.6. The monoisotopic (exact) mass is 1080 g/mol. The molecular formula is C62H94N8O8. The Morgan fingerprint density at radius 1 is 0.603 bits per heavy atom. The van der Waals surface area contributed by atoms with Gasteiger partial charge in [-0.05, 0) is 118 Å². The Morgan fingerprint density at radius 2 is 1.05 bits per heavy atom. The first kappa shape index (κ1) is 61.6. The van der Waals surface area contributed by atoms with Gasteiger partial charge >= 0.3 is 0 Å². The predicted octanol–water partition coefficient (Wildman–Crippen LogP) is 7.47. The fraction of sp³-hybridized carbons (Fsp3) is 0.677. The first-order valence-corrected chi connectivity index (χ1v) is 29.5. The smallest absolute Gasteiger partial charge is 0.246 e. The highest BCUT2D eigenvalue weighted by Gasteiger charge is 2.48. The summed E-state index contributed by atoms with van der Waals surface area (Å²) >= 11 is 0. The highest BCUT2D eigenvalue weighted by Crippen LogP contribution is 2.36. The second-order valence-corrected chi connectivity index (χ2v) is 25.2. The number of likely N-dealkylation sites (tertiary alicyclic amines) is 2. The number of nitrogens with one attached hydrogen (secondary N) is 6. The van der Waals surface area contributed by atoms with Crippen molar-refractivity contribution in [3.63, 3.8) is 0 Å². The number of Topliss-reactive ketones (excluding diaryl/α,β-unsaturated/α-hetero) is 1. The van der Waals surface area contributed by atoms with Gasteiger partial charge < -0.3 is 41.7 Å². The maximum Gasteiger partial charge on any atom is 0.246 e. The van der Waals surface area contributed by atoms with Gasteiger partial charge in [-0.3, -0.25) is 38.4 Å². The molecule has 16 nitrogen and oxygen atoms in total. The number of carbonyl (C=O) groups excluding carboxylic acids is 8. The van der Waals surface area contributed by atoms with Crippen molar-refractivity contribution < 1.29 is 38.4 Å². The zero-order chi connectivity index (χ0) is 56.9. The number of hydrogen-bond donors (Lipinski definition) is 6. The maximum atomic E-state index is 14.6. The van der Waals surface area contributed by atoms with Crippen LogP contribution in [0.4, 0.5) is 0 Å². The summed E-state index contributed by atoms with van der Waals surface area (Å²) in [6.45, 7) is 17.4. The standard InChI is InChI=1S/C62H94N8O8/c1-11-39(2)56(74)68-55(62(7,8)9)60(78)70-38-44(35-51(70)58(76)67-49-31-23-27-42-25-19-21-29-46(42)49)65-54(73)33-17-15-13-12-14-16-32-53(72)64-43-34-50(57(75)66-48-30-22-26-41-24-18-20-28-45(41)48)69(37-43)59(77)47(61(4,5)6)36-52(71)40(3)63-10/h18-21,24-25,28-29,39-40,43-44,47-51,55,63H,11-17,22-23,26-27,30-38H2,1-10H3,(H,64,72)(H,65,73)(H,66,75)(H,67,76)(H,68,74)/t39-,40+,43+,44+,47-,48-,49-,50+,51+,55-/m1/s1. The summed E-state index contributed by atoms with van der Waals surface area (Å²) in [6.07, 6.45) is 11.9. The number of hydrogen-bond acceptors (Lipinski definition) is 9. The van der Waals surface area contributed by atoms with Crippen molar-refractivity contribution in [1.82, 2.24) is 41.7 Å². The zero-order valence-corrected chi connectivity index (χ0v) is 48.7. The molecule has 4 aliphatic rings. The van der Waals surface area contributed by atoms with Gasteiger partial charge in [0.2, 0.25) is 41.4 Å². The Morgan fingerprint density at radius 3 is 1.49 bits per heavy atom. The van der Waals surface area contributed by atoms with Crippen molar-refractivity contribution in [2.75, 3.05) is 20.1 Å². The van der Waals surface area contributed by atoms with Gasteiger partial charge in [0.15, 0.2) is 0 Å². The van der Waals surface area contributed by atoms with Crippen LogP contribution in [0.2, 0.25) is 0 Å². The van der Waals surface area contributed by atoms with E-state index in [4.69, 9.17) is 0 Å². The number of rotatable bonds is 24. The van der Waals surface area contributed by atoms with Crippen LogP contribution < -0.4 is 31.9 Å². The molecule has 16 heteroatoms. The third-order valence-electron chi connectivity index (χ3n) is 17.1. The molecular weight excluding hydrogens is 985 g/mol. The van der Waals surface area contributed by atoms with Crippen LogP contribution in [-0.2, 0) is 51.2 Å². The molecule has 2 aromatic rings. The summed E-state index contributed by atoms with van der Waals surface area (Å²) in [5.41, 5.74) is 3.41. The molecule has 430 valence electrons. The number of benzene rings is 2. The van der Waals surface area contributed by atoms with E-state index < -0.39 is 53.0 Å². The predicted molar refractivity (Wildman–Crippen MR) is 303 cm³/mol. The van der Waals surface area contributed by atoms with Gasteiger partial charge in [0, 0.05) is 56.3 Å². The molecule has 6 rings (SSSR count). The van der Waals surface area contributed by atoms with Gasteiger partial charge in [-0.1, -0.05) is 130 Å². The summed E-state index contributed by atoms with van der Waals surface area (Å²) in [4.78, 5) is 114. The second-order valence-electron chi connectivity index (χ2n) is 25.2. The van der Waals surface area contributed by atoms with Crippen LogP contribution in [0, 0.1) is 22.7 Å². The molecule has 0 unspecified atom stereocenters. The van der Waals surface area contributed by atoms with E-state index in [2.05, 4.69) is 56.2 Å². The van der Waals surface area contributed by atoms with Crippen molar-refractivity contribution in [2.45, 2.75) is 226 Å². The van der Waals surface area contributed by atoms with Crippen molar-refractivity contribution in [3.8, 4) is 0 Å². The van der Waals surface area contributed by atoms with Crippen molar-refractivity contribution in [2.24, 2.45) is 22.7 Å². The molecule has 2 aromatic carbocycles. The van der Waals surface area contributed by atoms with Gasteiger partial charge in [0.25, 0.3) is 0 Å². The molecule has 2 heterocycles. The van der Waals surface area contributed by atoms with Crippen LogP contribution in [0.15, 0.2) is 48.5 Å². The Kier molecular flexibility index (Phi) is 22.1. The normalized spacial score (nSPS) is 22.7. The lowest BCUT2D eigenvalue weighted by Crippen LogP contribution is -2.58. The lowest BCUT2D eigenvalue weighted by molar-refractivity contribution is -0.146. The average Bonchev–Trinajstić information content (AvgIpc) is 4.10. The highest BCUT2D eigenvalue weighted by molar-refractivity contribution is 5.95. The van der Waals surface area contributed by atoms with Gasteiger partial charge in [0.05, 0.1) is 18.1 Å². The lowest BCUT2D eigenvalue weighted by Gasteiger charge is -2.36. The first-order chi connectivity index (χ1) is 37.0. The van der Waals surface area contributed by atoms with Crippen molar-refractivity contribution in [1.29, 1.82) is 0 Å². The summed E-state index contributed by atoms with van der Waals surface area (Å²) < 4.78 is 0. The number of unbranched alkanes of at least 4 members (excludes halogenated alkanes) is 5. The van der Waals surface area contributed by atoms with Gasteiger partial charge in [-0.25, -0.2) is 0 Å². The van der Waals surface area contributed by atoms with Crippen LogP contribution in [0.25, 0.3) is 0 Å². The minimum absolute atomic E-state index is 0.0393. The van der Waals surface area contributed by atoms with E-state index in [0.29, 0.717) is 32.1 Å². The third-order valence-corrected chi connectivity index (χ3v) is 17.1.